The van der Waals surface area contributed by atoms with Crippen LogP contribution < -0.4 is 10.7 Å². The van der Waals surface area contributed by atoms with E-state index in [0.29, 0.717) is 22.3 Å². The second kappa shape index (κ2) is 8.56. The zero-order valence-corrected chi connectivity index (χ0v) is 17.7. The summed E-state index contributed by atoms with van der Waals surface area (Å²) >= 11 is 0. The SMILES string of the molecule is Cc1cc([C@@H](C)Nc2ccccc2C)c2oc(-c3ccccc3)c(C)c(=O)c2c1.O.[HH]. The lowest BCUT2D eigenvalue weighted by molar-refractivity contribution is 0.605. The highest BCUT2D eigenvalue weighted by Gasteiger charge is 2.19. The summed E-state index contributed by atoms with van der Waals surface area (Å²) in [5.74, 6) is 0.635. The number of nitrogens with one attached hydrogen (secondary N) is 1. The fraction of sp³-hybridized carbons (Fsp3) is 0.192. The summed E-state index contributed by atoms with van der Waals surface area (Å²) < 4.78 is 6.39. The first-order valence-corrected chi connectivity index (χ1v) is 9.91. The van der Waals surface area contributed by atoms with E-state index >= 15 is 0 Å². The smallest absolute Gasteiger partial charge is 0.196 e. The van der Waals surface area contributed by atoms with E-state index in [4.69, 9.17) is 4.42 Å². The largest absolute Gasteiger partial charge is 0.455 e. The molecule has 0 bridgehead atoms. The lowest BCUT2D eigenvalue weighted by Crippen LogP contribution is -2.12. The van der Waals surface area contributed by atoms with Crippen LogP contribution in [0.4, 0.5) is 5.69 Å². The average molecular weight is 404 g/mol. The number of fused-ring (bicyclic) bond motifs is 1. The monoisotopic (exact) mass is 403 g/mol. The molecular formula is C26H29NO3. The van der Waals surface area contributed by atoms with Crippen molar-refractivity contribution in [2.24, 2.45) is 0 Å². The Morgan fingerprint density at radius 2 is 1.60 bits per heavy atom. The highest BCUT2D eigenvalue weighted by atomic mass is 16.3. The Balaban J connectivity index is 0.00000171. The van der Waals surface area contributed by atoms with Gasteiger partial charge in [0.15, 0.2) is 5.43 Å². The van der Waals surface area contributed by atoms with E-state index < -0.39 is 0 Å². The van der Waals surface area contributed by atoms with Gasteiger partial charge in [0.05, 0.1) is 11.4 Å². The molecule has 1 aromatic heterocycles. The summed E-state index contributed by atoms with van der Waals surface area (Å²) in [6, 6.07) is 22.0. The molecule has 0 radical (unpaired) electrons. The number of hydrogen-bond acceptors (Lipinski definition) is 3. The van der Waals surface area contributed by atoms with Gasteiger partial charge in [-0.05, 0) is 51.0 Å². The zero-order valence-electron chi connectivity index (χ0n) is 17.7. The van der Waals surface area contributed by atoms with Gasteiger partial charge in [0.1, 0.15) is 11.3 Å². The van der Waals surface area contributed by atoms with Crippen molar-refractivity contribution in [3.63, 3.8) is 0 Å². The molecular weight excluding hydrogens is 374 g/mol. The maximum Gasteiger partial charge on any atom is 0.196 e. The van der Waals surface area contributed by atoms with Crippen molar-refractivity contribution in [1.29, 1.82) is 0 Å². The predicted molar refractivity (Wildman–Crippen MR) is 126 cm³/mol. The minimum Gasteiger partial charge on any atom is -0.455 e. The van der Waals surface area contributed by atoms with Crippen molar-refractivity contribution >= 4 is 16.7 Å². The van der Waals surface area contributed by atoms with E-state index in [1.165, 1.54) is 5.56 Å². The van der Waals surface area contributed by atoms with Crippen molar-refractivity contribution in [2.45, 2.75) is 33.7 Å². The van der Waals surface area contributed by atoms with Gasteiger partial charge in [-0.25, -0.2) is 0 Å². The Morgan fingerprint density at radius 1 is 0.933 bits per heavy atom. The lowest BCUT2D eigenvalue weighted by atomic mass is 9.98. The molecule has 4 heteroatoms. The lowest BCUT2D eigenvalue weighted by Gasteiger charge is -2.20. The Kier molecular flexibility index (Phi) is 6.09. The molecule has 0 saturated heterocycles. The summed E-state index contributed by atoms with van der Waals surface area (Å²) in [6.07, 6.45) is 0. The molecule has 1 atom stereocenters. The summed E-state index contributed by atoms with van der Waals surface area (Å²) in [6.45, 7) is 8.04. The number of para-hydroxylation sites is 1. The van der Waals surface area contributed by atoms with E-state index in [1.54, 1.807) is 0 Å². The van der Waals surface area contributed by atoms with Gasteiger partial charge in [0, 0.05) is 23.8 Å². The molecule has 1 heterocycles. The number of aryl methyl sites for hydroxylation is 2. The van der Waals surface area contributed by atoms with Gasteiger partial charge in [-0.2, -0.15) is 0 Å². The molecule has 0 fully saturated rings. The predicted octanol–water partition coefficient (Wildman–Crippen LogP) is 5.98. The molecule has 156 valence electrons. The molecule has 0 aliphatic heterocycles. The highest BCUT2D eigenvalue weighted by Crippen LogP contribution is 2.32. The van der Waals surface area contributed by atoms with E-state index in [2.05, 4.69) is 37.4 Å². The zero-order chi connectivity index (χ0) is 20.5. The van der Waals surface area contributed by atoms with Crippen LogP contribution in [0.1, 0.15) is 36.6 Å². The molecule has 0 aliphatic carbocycles. The molecule has 4 rings (SSSR count). The number of anilines is 1. The normalized spacial score (nSPS) is 11.7. The molecule has 4 aromatic rings. The van der Waals surface area contributed by atoms with Crippen molar-refractivity contribution in [1.82, 2.24) is 0 Å². The van der Waals surface area contributed by atoms with E-state index in [-0.39, 0.29) is 18.4 Å². The Labute approximate surface area is 178 Å². The van der Waals surface area contributed by atoms with Gasteiger partial charge in [-0.3, -0.25) is 4.79 Å². The standard InChI is InChI=1S/C26H25NO2.H2O.H2/c1-16-14-21(19(4)27-23-13-9-8-10-17(23)2)26-22(15-16)24(28)18(3)25(29-26)20-11-6-5-7-12-20;;/h5-15,19,27H,1-4H3;1H2;1H/t19-;;/m1../s1. The van der Waals surface area contributed by atoms with Crippen molar-refractivity contribution in [3.8, 4) is 11.3 Å². The molecule has 0 aliphatic rings. The Bertz CT molecular complexity index is 1250. The van der Waals surface area contributed by atoms with Crippen molar-refractivity contribution in [3.05, 3.63) is 99.2 Å². The number of benzene rings is 3. The topological polar surface area (TPSA) is 73.7 Å². The molecule has 0 spiro atoms. The van der Waals surface area contributed by atoms with Crippen LogP contribution in [0, 0.1) is 20.8 Å². The second-order valence-electron chi connectivity index (χ2n) is 7.66. The van der Waals surface area contributed by atoms with Crippen LogP contribution in [0.2, 0.25) is 0 Å². The van der Waals surface area contributed by atoms with Gasteiger partial charge in [0.2, 0.25) is 0 Å². The van der Waals surface area contributed by atoms with Gasteiger partial charge in [-0.15, -0.1) is 0 Å². The van der Waals surface area contributed by atoms with Crippen molar-refractivity contribution in [2.75, 3.05) is 5.32 Å². The van der Waals surface area contributed by atoms with Crippen LogP contribution in [-0.2, 0) is 0 Å². The third-order valence-electron chi connectivity index (χ3n) is 5.41. The van der Waals surface area contributed by atoms with Crippen LogP contribution >= 0.6 is 0 Å². The molecule has 3 aromatic carbocycles. The highest BCUT2D eigenvalue weighted by molar-refractivity contribution is 5.84. The molecule has 0 unspecified atom stereocenters. The van der Waals surface area contributed by atoms with Gasteiger partial charge >= 0.3 is 0 Å². The third-order valence-corrected chi connectivity index (χ3v) is 5.41. The Morgan fingerprint density at radius 3 is 2.30 bits per heavy atom. The van der Waals surface area contributed by atoms with Crippen molar-refractivity contribution < 1.29 is 11.3 Å². The molecule has 3 N–H and O–H groups in total. The minimum atomic E-state index is -0.0204. The van der Waals surface area contributed by atoms with E-state index in [1.807, 2.05) is 62.4 Å². The Hall–Kier alpha value is -3.37. The van der Waals surface area contributed by atoms with Crippen LogP contribution in [0.25, 0.3) is 22.3 Å². The summed E-state index contributed by atoms with van der Waals surface area (Å²) in [5.41, 5.74) is 6.51. The summed E-state index contributed by atoms with van der Waals surface area (Å²) in [7, 11) is 0. The maximum absolute atomic E-state index is 13.2. The maximum atomic E-state index is 13.2. The summed E-state index contributed by atoms with van der Waals surface area (Å²) in [5, 5.41) is 4.21. The molecule has 4 nitrogen and oxygen atoms in total. The van der Waals surface area contributed by atoms with Crippen LogP contribution in [0.5, 0.6) is 0 Å². The fourth-order valence-electron chi connectivity index (χ4n) is 3.80. The quantitative estimate of drug-likeness (QED) is 0.455. The van der Waals surface area contributed by atoms with Crippen LogP contribution in [0.15, 0.2) is 75.9 Å². The van der Waals surface area contributed by atoms with E-state index in [0.717, 1.165) is 22.4 Å². The first kappa shape index (κ1) is 21.3. The van der Waals surface area contributed by atoms with Crippen LogP contribution in [0.3, 0.4) is 0 Å². The number of hydrogen-bond donors (Lipinski definition) is 1. The first-order chi connectivity index (χ1) is 14.0. The minimum absolute atomic E-state index is 0. The van der Waals surface area contributed by atoms with Crippen LogP contribution in [-0.4, -0.2) is 5.48 Å². The molecule has 30 heavy (non-hydrogen) atoms. The summed E-state index contributed by atoms with van der Waals surface area (Å²) in [4.78, 5) is 13.2. The third kappa shape index (κ3) is 3.87. The van der Waals surface area contributed by atoms with Gasteiger partial charge < -0.3 is 15.2 Å². The molecule has 0 amide bonds. The molecule has 0 saturated carbocycles. The average Bonchev–Trinajstić information content (AvgIpc) is 2.72. The number of rotatable bonds is 4. The van der Waals surface area contributed by atoms with Gasteiger partial charge in [0.25, 0.3) is 0 Å². The second-order valence-corrected chi connectivity index (χ2v) is 7.66. The first-order valence-electron chi connectivity index (χ1n) is 9.91. The fourth-order valence-corrected chi connectivity index (χ4v) is 3.80. The van der Waals surface area contributed by atoms with E-state index in [9.17, 15) is 4.79 Å². The van der Waals surface area contributed by atoms with Gasteiger partial charge in [-0.1, -0.05) is 54.6 Å².